The van der Waals surface area contributed by atoms with Gasteiger partial charge < -0.3 is 5.32 Å². The van der Waals surface area contributed by atoms with E-state index in [2.05, 4.69) is 27.4 Å². The van der Waals surface area contributed by atoms with Crippen molar-refractivity contribution in [2.45, 2.75) is 26.7 Å². The molecule has 0 spiro atoms. The maximum absolute atomic E-state index is 4.26. The molecule has 0 aliphatic heterocycles. The van der Waals surface area contributed by atoms with E-state index < -0.39 is 0 Å². The molecule has 80 valence electrons. The Morgan fingerprint density at radius 1 is 1.40 bits per heavy atom. The first-order valence-electron chi connectivity index (χ1n) is 5.23. The summed E-state index contributed by atoms with van der Waals surface area (Å²) in [6.07, 6.45) is 5.94. The maximum atomic E-state index is 4.26. The lowest BCUT2D eigenvalue weighted by molar-refractivity contribution is 0.830. The van der Waals surface area contributed by atoms with Crippen LogP contribution in [-0.4, -0.2) is 26.1 Å². The Morgan fingerprint density at radius 2 is 2.27 bits per heavy atom. The van der Waals surface area contributed by atoms with Crippen LogP contribution in [-0.2, 0) is 0 Å². The number of unbranched alkanes of at least 4 members (excludes halogenated alkanes) is 1. The van der Waals surface area contributed by atoms with Gasteiger partial charge in [-0.1, -0.05) is 13.3 Å². The molecule has 0 saturated carbocycles. The molecule has 0 fully saturated rings. The zero-order chi connectivity index (χ0) is 10.7. The minimum Gasteiger partial charge on any atom is -0.367 e. The fraction of sp³-hybridized carbons (Fsp3) is 0.500. The molecule has 0 atom stereocenters. The molecule has 0 aliphatic carbocycles. The van der Waals surface area contributed by atoms with E-state index >= 15 is 0 Å². The first kappa shape index (κ1) is 9.89. The van der Waals surface area contributed by atoms with E-state index in [1.807, 2.05) is 17.5 Å². The summed E-state index contributed by atoms with van der Waals surface area (Å²) >= 11 is 0. The van der Waals surface area contributed by atoms with Gasteiger partial charge in [0.05, 0.1) is 0 Å². The average Bonchev–Trinajstić information content (AvgIpc) is 2.62. The number of hydrogen-bond donors (Lipinski definition) is 1. The van der Waals surface area contributed by atoms with Gasteiger partial charge in [0.25, 0.3) is 0 Å². The summed E-state index contributed by atoms with van der Waals surface area (Å²) in [7, 11) is 0. The Labute approximate surface area is 88.6 Å². The lowest BCUT2D eigenvalue weighted by Crippen LogP contribution is -2.05. The third kappa shape index (κ3) is 1.91. The molecule has 0 amide bonds. The highest BCUT2D eigenvalue weighted by atomic mass is 15.3. The zero-order valence-electron chi connectivity index (χ0n) is 9.06. The van der Waals surface area contributed by atoms with Crippen LogP contribution in [0.25, 0.3) is 5.65 Å². The fourth-order valence-corrected chi connectivity index (χ4v) is 1.45. The van der Waals surface area contributed by atoms with Crippen LogP contribution in [0.2, 0.25) is 0 Å². The summed E-state index contributed by atoms with van der Waals surface area (Å²) in [6, 6.07) is 0. The van der Waals surface area contributed by atoms with Crippen molar-refractivity contribution in [3.63, 3.8) is 0 Å². The quantitative estimate of drug-likeness (QED) is 0.771. The van der Waals surface area contributed by atoms with Gasteiger partial charge in [-0.05, 0) is 13.3 Å². The van der Waals surface area contributed by atoms with Gasteiger partial charge in [0.15, 0.2) is 5.82 Å². The number of nitrogens with zero attached hydrogens (tertiary/aromatic N) is 4. The molecular formula is C10H15N5. The molecular weight excluding hydrogens is 190 g/mol. The van der Waals surface area contributed by atoms with Gasteiger partial charge in [0.2, 0.25) is 5.65 Å². The molecule has 0 radical (unpaired) electrons. The summed E-state index contributed by atoms with van der Waals surface area (Å²) in [5.74, 6) is 1.69. The number of nitrogens with one attached hydrogen (secondary N) is 1. The van der Waals surface area contributed by atoms with Crippen molar-refractivity contribution in [2.75, 3.05) is 11.9 Å². The largest absolute Gasteiger partial charge is 0.367 e. The summed E-state index contributed by atoms with van der Waals surface area (Å²) < 4.78 is 1.93. The van der Waals surface area contributed by atoms with Gasteiger partial charge in [0, 0.05) is 18.9 Å². The van der Waals surface area contributed by atoms with Crippen molar-refractivity contribution in [3.8, 4) is 0 Å². The normalized spacial score (nSPS) is 10.8. The van der Waals surface area contributed by atoms with E-state index in [-0.39, 0.29) is 0 Å². The second kappa shape index (κ2) is 4.25. The van der Waals surface area contributed by atoms with E-state index in [1.54, 1.807) is 6.20 Å². The summed E-state index contributed by atoms with van der Waals surface area (Å²) in [4.78, 5) is 4.26. The average molecular weight is 205 g/mol. The molecule has 2 aromatic rings. The minimum absolute atomic E-state index is 0.797. The Bertz CT molecular complexity index is 448. The summed E-state index contributed by atoms with van der Waals surface area (Å²) in [5, 5.41) is 11.4. The molecule has 0 saturated heterocycles. The van der Waals surface area contributed by atoms with Gasteiger partial charge in [-0.3, -0.25) is 4.40 Å². The molecule has 0 aromatic carbocycles. The molecule has 0 aliphatic rings. The lowest BCUT2D eigenvalue weighted by atomic mass is 10.3. The highest BCUT2D eigenvalue weighted by molar-refractivity contribution is 5.61. The number of aryl methyl sites for hydroxylation is 1. The van der Waals surface area contributed by atoms with Crippen molar-refractivity contribution in [1.29, 1.82) is 0 Å². The smallest absolute Gasteiger partial charge is 0.203 e. The first-order valence-corrected chi connectivity index (χ1v) is 5.23. The summed E-state index contributed by atoms with van der Waals surface area (Å²) in [5.41, 5.74) is 0.797. The molecule has 1 N–H and O–H groups in total. The number of hydrogen-bond acceptors (Lipinski definition) is 4. The van der Waals surface area contributed by atoms with Crippen molar-refractivity contribution >= 4 is 11.5 Å². The van der Waals surface area contributed by atoms with Crippen molar-refractivity contribution in [3.05, 3.63) is 18.2 Å². The van der Waals surface area contributed by atoms with Gasteiger partial charge in [-0.2, -0.15) is 0 Å². The predicted octanol–water partition coefficient (Wildman–Crippen LogP) is 1.64. The van der Waals surface area contributed by atoms with E-state index in [9.17, 15) is 0 Å². The van der Waals surface area contributed by atoms with Crippen LogP contribution in [0, 0.1) is 6.92 Å². The van der Waals surface area contributed by atoms with E-state index in [1.165, 1.54) is 6.42 Å². The molecule has 2 rings (SSSR count). The van der Waals surface area contributed by atoms with Crippen LogP contribution in [0.4, 0.5) is 5.82 Å². The predicted molar refractivity (Wildman–Crippen MR) is 58.9 cm³/mol. The van der Waals surface area contributed by atoms with Crippen LogP contribution >= 0.6 is 0 Å². The standard InChI is InChI=1S/C10H15N5/c1-3-4-5-11-9-10-14-13-8(2)15(10)7-6-12-9/h6-7H,3-5H2,1-2H3,(H,11,12). The molecule has 2 aromatic heterocycles. The van der Waals surface area contributed by atoms with Crippen molar-refractivity contribution in [2.24, 2.45) is 0 Å². The van der Waals surface area contributed by atoms with Crippen LogP contribution in [0.1, 0.15) is 25.6 Å². The Morgan fingerprint density at radius 3 is 3.07 bits per heavy atom. The van der Waals surface area contributed by atoms with Crippen LogP contribution in [0.5, 0.6) is 0 Å². The Kier molecular flexibility index (Phi) is 2.80. The molecule has 5 nitrogen and oxygen atoms in total. The van der Waals surface area contributed by atoms with Crippen LogP contribution in [0.3, 0.4) is 0 Å². The Balaban J connectivity index is 2.26. The topological polar surface area (TPSA) is 55.1 Å². The van der Waals surface area contributed by atoms with Crippen molar-refractivity contribution < 1.29 is 0 Å². The van der Waals surface area contributed by atoms with E-state index in [0.717, 1.165) is 30.3 Å². The third-order valence-corrected chi connectivity index (χ3v) is 2.32. The van der Waals surface area contributed by atoms with Gasteiger partial charge in [0.1, 0.15) is 5.82 Å². The molecule has 0 unspecified atom stereocenters. The number of anilines is 1. The van der Waals surface area contributed by atoms with Gasteiger partial charge in [-0.15, -0.1) is 10.2 Å². The second-order valence-corrected chi connectivity index (χ2v) is 3.50. The molecule has 2 heterocycles. The zero-order valence-corrected chi connectivity index (χ0v) is 9.06. The molecule has 15 heavy (non-hydrogen) atoms. The number of rotatable bonds is 4. The summed E-state index contributed by atoms with van der Waals surface area (Å²) in [6.45, 7) is 5.02. The number of aromatic nitrogens is 4. The van der Waals surface area contributed by atoms with Gasteiger partial charge in [-0.25, -0.2) is 4.98 Å². The van der Waals surface area contributed by atoms with E-state index in [4.69, 9.17) is 0 Å². The van der Waals surface area contributed by atoms with E-state index in [0.29, 0.717) is 0 Å². The Hall–Kier alpha value is -1.65. The lowest BCUT2D eigenvalue weighted by Gasteiger charge is -2.04. The molecule has 0 bridgehead atoms. The first-order chi connectivity index (χ1) is 7.33. The van der Waals surface area contributed by atoms with Crippen LogP contribution < -0.4 is 5.32 Å². The highest BCUT2D eigenvalue weighted by Gasteiger charge is 2.06. The minimum atomic E-state index is 0.797. The fourth-order valence-electron chi connectivity index (χ4n) is 1.45. The SMILES string of the molecule is CCCCNc1nccn2c(C)nnc12. The monoisotopic (exact) mass is 205 g/mol. The highest BCUT2D eigenvalue weighted by Crippen LogP contribution is 2.11. The second-order valence-electron chi connectivity index (χ2n) is 3.50. The van der Waals surface area contributed by atoms with Gasteiger partial charge >= 0.3 is 0 Å². The van der Waals surface area contributed by atoms with Crippen molar-refractivity contribution in [1.82, 2.24) is 19.6 Å². The molecule has 5 heteroatoms. The van der Waals surface area contributed by atoms with Crippen LogP contribution in [0.15, 0.2) is 12.4 Å². The number of fused-ring (bicyclic) bond motifs is 1. The third-order valence-electron chi connectivity index (χ3n) is 2.32. The maximum Gasteiger partial charge on any atom is 0.203 e.